The summed E-state index contributed by atoms with van der Waals surface area (Å²) in [5, 5.41) is 34.5. The van der Waals surface area contributed by atoms with Crippen molar-refractivity contribution in [2.45, 2.75) is 115 Å². The second kappa shape index (κ2) is 20.8. The zero-order valence-corrected chi connectivity index (χ0v) is 29.4. The van der Waals surface area contributed by atoms with Crippen LogP contribution in [0.25, 0.3) is 0 Å². The van der Waals surface area contributed by atoms with Gasteiger partial charge in [0.15, 0.2) is 0 Å². The average Bonchev–Trinajstić information content (AvgIpc) is 3.05. The first-order valence-corrected chi connectivity index (χ1v) is 16.8. The topological polar surface area (TPSA) is 220 Å². The van der Waals surface area contributed by atoms with Crippen LogP contribution in [-0.4, -0.2) is 96.4 Å². The summed E-state index contributed by atoms with van der Waals surface area (Å²) in [4.78, 5) is 69.6. The molecule has 15 heteroatoms. The maximum Gasteiger partial charge on any atom is 0.326 e. The number of rotatable bonds is 24. The highest BCUT2D eigenvalue weighted by Gasteiger charge is 2.29. The minimum atomic E-state index is -1.48. The number of carboxylic acids is 3. The maximum absolute atomic E-state index is 12.5. The van der Waals surface area contributed by atoms with Crippen LogP contribution in [0, 0.1) is 0 Å². The molecule has 276 valence electrons. The maximum atomic E-state index is 12.5. The SMILES string of the molecule is CC(C)(CCC(=O)NCCCCC(NC(=O)NC(CCC(=O)O)C(=O)O)C(=O)O)OCCC(C)(C)N(Cc1ccccn1)Cc1ccccn1. The molecule has 3 amide bonds. The number of aliphatic carboxylic acids is 3. The molecule has 50 heavy (non-hydrogen) atoms. The number of aromatic nitrogens is 2. The van der Waals surface area contributed by atoms with Crippen LogP contribution < -0.4 is 16.0 Å². The first-order valence-electron chi connectivity index (χ1n) is 16.8. The first-order chi connectivity index (χ1) is 23.6. The number of nitrogens with zero attached hydrogens (tertiary/aromatic N) is 3. The van der Waals surface area contributed by atoms with Crippen LogP contribution in [0.3, 0.4) is 0 Å². The molecular weight excluding hydrogens is 648 g/mol. The monoisotopic (exact) mass is 700 g/mol. The molecule has 2 aromatic rings. The van der Waals surface area contributed by atoms with Crippen LogP contribution in [-0.2, 0) is 37.0 Å². The zero-order valence-electron chi connectivity index (χ0n) is 29.4. The number of carboxylic acid groups (broad SMARTS) is 3. The number of amides is 3. The van der Waals surface area contributed by atoms with E-state index < -0.39 is 48.0 Å². The second-order valence-electron chi connectivity index (χ2n) is 13.3. The highest BCUT2D eigenvalue weighted by atomic mass is 16.5. The Kier molecular flexibility index (Phi) is 17.3. The summed E-state index contributed by atoms with van der Waals surface area (Å²) in [5.41, 5.74) is 1.14. The van der Waals surface area contributed by atoms with E-state index in [1.54, 1.807) is 12.4 Å². The Morgan fingerprint density at radius 3 is 1.84 bits per heavy atom. The Morgan fingerprint density at radius 1 is 0.780 bits per heavy atom. The molecule has 0 aliphatic carbocycles. The van der Waals surface area contributed by atoms with Gasteiger partial charge in [-0.05, 0) is 90.5 Å². The fourth-order valence-corrected chi connectivity index (χ4v) is 5.01. The van der Waals surface area contributed by atoms with Gasteiger partial charge in [-0.2, -0.15) is 0 Å². The summed E-state index contributed by atoms with van der Waals surface area (Å²) >= 11 is 0. The van der Waals surface area contributed by atoms with E-state index in [-0.39, 0.29) is 30.7 Å². The molecule has 0 aliphatic rings. The molecule has 2 atom stereocenters. The molecule has 2 aromatic heterocycles. The normalized spacial score (nSPS) is 12.9. The predicted molar refractivity (Wildman–Crippen MR) is 184 cm³/mol. The molecule has 2 heterocycles. The van der Waals surface area contributed by atoms with Gasteiger partial charge in [-0.1, -0.05) is 12.1 Å². The van der Waals surface area contributed by atoms with Crippen molar-refractivity contribution in [3.05, 3.63) is 60.2 Å². The van der Waals surface area contributed by atoms with Crippen LogP contribution in [0.2, 0.25) is 0 Å². The van der Waals surface area contributed by atoms with Crippen molar-refractivity contribution >= 4 is 29.8 Å². The van der Waals surface area contributed by atoms with Crippen LogP contribution in [0.5, 0.6) is 0 Å². The molecule has 15 nitrogen and oxygen atoms in total. The van der Waals surface area contributed by atoms with E-state index in [0.29, 0.717) is 45.5 Å². The Morgan fingerprint density at radius 2 is 1.34 bits per heavy atom. The van der Waals surface area contributed by atoms with E-state index in [1.807, 2.05) is 50.2 Å². The van der Waals surface area contributed by atoms with Crippen molar-refractivity contribution in [2.24, 2.45) is 0 Å². The Bertz CT molecular complexity index is 1330. The van der Waals surface area contributed by atoms with Gasteiger partial charge in [0.05, 0.1) is 17.0 Å². The minimum Gasteiger partial charge on any atom is -0.481 e. The summed E-state index contributed by atoms with van der Waals surface area (Å²) in [6.45, 7) is 10.3. The quantitative estimate of drug-likeness (QED) is 0.0866. The average molecular weight is 701 g/mol. The third kappa shape index (κ3) is 16.7. The standard InChI is InChI=1S/C35H52N6O9/c1-34(2,41(23-25-11-5-8-19-36-25)24-26-12-6-9-20-37-26)18-22-50-35(3,4)17-16-29(42)38-21-10-7-13-27(31(45)46)39-33(49)40-28(32(47)48)14-15-30(43)44/h5-6,8-9,11-12,19-20,27-28H,7,10,13-18,21-24H2,1-4H3,(H,38,42)(H,43,44)(H,45,46)(H,47,48)(H2,39,40,49). The molecule has 0 saturated carbocycles. The summed E-state index contributed by atoms with van der Waals surface area (Å²) in [6, 6.07) is 7.96. The van der Waals surface area contributed by atoms with Gasteiger partial charge in [-0.25, -0.2) is 14.4 Å². The largest absolute Gasteiger partial charge is 0.481 e. The van der Waals surface area contributed by atoms with Crippen LogP contribution in [0.1, 0.15) is 90.4 Å². The smallest absolute Gasteiger partial charge is 0.326 e. The van der Waals surface area contributed by atoms with Crippen molar-refractivity contribution < 1.29 is 44.0 Å². The van der Waals surface area contributed by atoms with Crippen molar-refractivity contribution in [1.82, 2.24) is 30.8 Å². The van der Waals surface area contributed by atoms with Crippen LogP contribution in [0.4, 0.5) is 4.79 Å². The second-order valence-corrected chi connectivity index (χ2v) is 13.3. The highest BCUT2D eigenvalue weighted by molar-refractivity contribution is 5.86. The number of urea groups is 1. The molecule has 0 fully saturated rings. The molecule has 2 rings (SSSR count). The molecule has 0 saturated heterocycles. The summed E-state index contributed by atoms with van der Waals surface area (Å²) in [6.07, 6.45) is 5.09. The molecule has 0 spiro atoms. The number of hydrogen-bond acceptors (Lipinski definition) is 9. The number of pyridine rings is 2. The first kappa shape index (κ1) is 41.5. The molecule has 2 unspecified atom stereocenters. The summed E-state index contributed by atoms with van der Waals surface area (Å²) in [5.74, 6) is -4.12. The lowest BCUT2D eigenvalue weighted by molar-refractivity contribution is -0.140. The van der Waals surface area contributed by atoms with Gasteiger partial charge in [0.2, 0.25) is 5.91 Å². The summed E-state index contributed by atoms with van der Waals surface area (Å²) in [7, 11) is 0. The van der Waals surface area contributed by atoms with Crippen molar-refractivity contribution in [2.75, 3.05) is 13.2 Å². The number of carbonyl (C=O) groups is 5. The van der Waals surface area contributed by atoms with E-state index in [1.165, 1.54) is 0 Å². The number of carbonyl (C=O) groups excluding carboxylic acids is 2. The zero-order chi connectivity index (χ0) is 37.2. The van der Waals surface area contributed by atoms with Crippen molar-refractivity contribution in [1.29, 1.82) is 0 Å². The third-order valence-corrected chi connectivity index (χ3v) is 8.27. The molecule has 0 aromatic carbocycles. The minimum absolute atomic E-state index is 0.0455. The fourth-order valence-electron chi connectivity index (χ4n) is 5.01. The van der Waals surface area contributed by atoms with Crippen LogP contribution >= 0.6 is 0 Å². The predicted octanol–water partition coefficient (Wildman–Crippen LogP) is 3.58. The van der Waals surface area contributed by atoms with Gasteiger partial charge in [0.25, 0.3) is 0 Å². The number of unbranched alkanes of at least 4 members (excludes halogenated alkanes) is 1. The van der Waals surface area contributed by atoms with E-state index in [4.69, 9.17) is 9.84 Å². The van der Waals surface area contributed by atoms with Gasteiger partial charge in [-0.3, -0.25) is 24.5 Å². The third-order valence-electron chi connectivity index (χ3n) is 8.27. The van der Waals surface area contributed by atoms with Gasteiger partial charge in [0.1, 0.15) is 12.1 Å². The van der Waals surface area contributed by atoms with E-state index in [9.17, 15) is 34.2 Å². The Hall–Kier alpha value is -4.63. The van der Waals surface area contributed by atoms with Crippen molar-refractivity contribution in [3.63, 3.8) is 0 Å². The van der Waals surface area contributed by atoms with Gasteiger partial charge >= 0.3 is 23.9 Å². The van der Waals surface area contributed by atoms with Gasteiger partial charge in [-0.15, -0.1) is 0 Å². The van der Waals surface area contributed by atoms with Crippen LogP contribution in [0.15, 0.2) is 48.8 Å². The molecule has 0 radical (unpaired) electrons. The molecule has 0 aliphatic heterocycles. The lowest BCUT2D eigenvalue weighted by Crippen LogP contribution is -2.51. The van der Waals surface area contributed by atoms with Gasteiger partial charge < -0.3 is 36.0 Å². The van der Waals surface area contributed by atoms with E-state index in [2.05, 4.69) is 44.7 Å². The molecular formula is C35H52N6O9. The number of hydrogen-bond donors (Lipinski definition) is 6. The van der Waals surface area contributed by atoms with Gasteiger partial charge in [0, 0.05) is 57.0 Å². The Labute approximate surface area is 293 Å². The van der Waals surface area contributed by atoms with E-state index >= 15 is 0 Å². The lowest BCUT2D eigenvalue weighted by Gasteiger charge is -2.39. The number of nitrogens with one attached hydrogen (secondary N) is 3. The molecule has 6 N–H and O–H groups in total. The lowest BCUT2D eigenvalue weighted by atomic mass is 9.96. The summed E-state index contributed by atoms with van der Waals surface area (Å²) < 4.78 is 6.26. The van der Waals surface area contributed by atoms with Crippen molar-refractivity contribution in [3.8, 4) is 0 Å². The Balaban J connectivity index is 1.74. The van der Waals surface area contributed by atoms with E-state index in [0.717, 1.165) is 17.8 Å². The highest BCUT2D eigenvalue weighted by Crippen LogP contribution is 2.25. The number of ether oxygens (including phenoxy) is 1. The molecule has 0 bridgehead atoms. The fraction of sp³-hybridized carbons (Fsp3) is 0.571.